The first-order valence-electron chi connectivity index (χ1n) is 3.92. The fourth-order valence-electron chi connectivity index (χ4n) is 0.832. The van der Waals surface area contributed by atoms with E-state index in [0.29, 0.717) is 5.69 Å². The SMILES string of the molecule is C#CCOC(=O)Cc1ccc(F)cn1. The van der Waals surface area contributed by atoms with Crippen LogP contribution in [0.15, 0.2) is 18.3 Å². The van der Waals surface area contributed by atoms with Crippen molar-refractivity contribution in [3.05, 3.63) is 29.8 Å². The minimum Gasteiger partial charge on any atom is -0.452 e. The van der Waals surface area contributed by atoms with E-state index in [-0.39, 0.29) is 13.0 Å². The van der Waals surface area contributed by atoms with Gasteiger partial charge in [-0.25, -0.2) is 4.39 Å². The number of halogens is 1. The van der Waals surface area contributed by atoms with Gasteiger partial charge in [0.1, 0.15) is 5.82 Å². The van der Waals surface area contributed by atoms with E-state index < -0.39 is 11.8 Å². The number of terminal acetylenes is 1. The summed E-state index contributed by atoms with van der Waals surface area (Å²) in [6.07, 6.45) is 5.95. The van der Waals surface area contributed by atoms with Gasteiger partial charge in [0.15, 0.2) is 6.61 Å². The summed E-state index contributed by atoms with van der Waals surface area (Å²) in [5.41, 5.74) is 0.452. The van der Waals surface area contributed by atoms with E-state index in [1.165, 1.54) is 12.1 Å². The van der Waals surface area contributed by atoms with Gasteiger partial charge in [-0.1, -0.05) is 5.92 Å². The van der Waals surface area contributed by atoms with Crippen molar-refractivity contribution in [3.63, 3.8) is 0 Å². The van der Waals surface area contributed by atoms with Gasteiger partial charge in [-0.15, -0.1) is 6.42 Å². The van der Waals surface area contributed by atoms with Crippen molar-refractivity contribution in [2.24, 2.45) is 0 Å². The van der Waals surface area contributed by atoms with Gasteiger partial charge < -0.3 is 4.74 Å². The molecule has 0 amide bonds. The molecular weight excluding hydrogens is 185 g/mol. The van der Waals surface area contributed by atoms with Crippen LogP contribution in [-0.2, 0) is 16.0 Å². The van der Waals surface area contributed by atoms with E-state index in [4.69, 9.17) is 6.42 Å². The molecule has 0 unspecified atom stereocenters. The molecule has 0 aromatic carbocycles. The first-order chi connectivity index (χ1) is 6.72. The predicted octanol–water partition coefficient (Wildman–Crippen LogP) is 0.940. The topological polar surface area (TPSA) is 39.2 Å². The molecule has 72 valence electrons. The van der Waals surface area contributed by atoms with Crippen LogP contribution in [0.3, 0.4) is 0 Å². The quantitative estimate of drug-likeness (QED) is 0.529. The Hall–Kier alpha value is -1.89. The number of hydrogen-bond acceptors (Lipinski definition) is 3. The number of rotatable bonds is 3. The maximum absolute atomic E-state index is 12.4. The zero-order valence-corrected chi connectivity index (χ0v) is 7.37. The molecule has 0 saturated heterocycles. The standard InChI is InChI=1S/C10H8FNO2/c1-2-5-14-10(13)6-9-4-3-8(11)7-12-9/h1,3-4,7H,5-6H2. The number of hydrogen-bond donors (Lipinski definition) is 0. The fourth-order valence-corrected chi connectivity index (χ4v) is 0.832. The van der Waals surface area contributed by atoms with Crippen LogP contribution < -0.4 is 0 Å². The molecule has 1 aromatic rings. The summed E-state index contributed by atoms with van der Waals surface area (Å²) in [4.78, 5) is 14.7. The van der Waals surface area contributed by atoms with E-state index in [9.17, 15) is 9.18 Å². The average molecular weight is 193 g/mol. The second kappa shape index (κ2) is 4.97. The van der Waals surface area contributed by atoms with Gasteiger partial charge in [0.25, 0.3) is 0 Å². The monoisotopic (exact) mass is 193 g/mol. The molecule has 14 heavy (non-hydrogen) atoms. The summed E-state index contributed by atoms with van der Waals surface area (Å²) in [7, 11) is 0. The second-order valence-corrected chi connectivity index (χ2v) is 2.51. The molecule has 1 rings (SSSR count). The molecule has 0 fully saturated rings. The molecule has 0 aliphatic carbocycles. The Kier molecular flexibility index (Phi) is 3.62. The van der Waals surface area contributed by atoms with Crippen LogP contribution in [0.1, 0.15) is 5.69 Å². The third-order valence-electron chi connectivity index (χ3n) is 1.43. The number of esters is 1. The van der Waals surface area contributed by atoms with Gasteiger partial charge in [-0.05, 0) is 12.1 Å². The van der Waals surface area contributed by atoms with Gasteiger partial charge in [-0.2, -0.15) is 0 Å². The average Bonchev–Trinajstić information content (AvgIpc) is 2.18. The summed E-state index contributed by atoms with van der Waals surface area (Å²) in [6.45, 7) is -0.0555. The Morgan fingerprint density at radius 2 is 2.43 bits per heavy atom. The van der Waals surface area contributed by atoms with Crippen molar-refractivity contribution in [1.82, 2.24) is 4.98 Å². The Labute approximate surface area is 80.9 Å². The van der Waals surface area contributed by atoms with Gasteiger partial charge in [-0.3, -0.25) is 9.78 Å². The maximum atomic E-state index is 12.4. The largest absolute Gasteiger partial charge is 0.452 e. The molecule has 0 bridgehead atoms. The fraction of sp³-hybridized carbons (Fsp3) is 0.200. The van der Waals surface area contributed by atoms with E-state index in [2.05, 4.69) is 15.6 Å². The van der Waals surface area contributed by atoms with Gasteiger partial charge in [0, 0.05) is 0 Å². The van der Waals surface area contributed by atoms with E-state index in [1.807, 2.05) is 0 Å². The summed E-state index contributed by atoms with van der Waals surface area (Å²) >= 11 is 0. The Bertz CT molecular complexity index is 353. The molecule has 0 atom stereocenters. The Morgan fingerprint density at radius 1 is 1.64 bits per heavy atom. The number of aromatic nitrogens is 1. The highest BCUT2D eigenvalue weighted by Crippen LogP contribution is 1.99. The highest BCUT2D eigenvalue weighted by atomic mass is 19.1. The lowest BCUT2D eigenvalue weighted by molar-refractivity contribution is -0.141. The van der Waals surface area contributed by atoms with Gasteiger partial charge in [0.05, 0.1) is 18.3 Å². The van der Waals surface area contributed by atoms with Crippen molar-refractivity contribution in [2.75, 3.05) is 6.61 Å². The van der Waals surface area contributed by atoms with E-state index >= 15 is 0 Å². The zero-order chi connectivity index (χ0) is 10.4. The second-order valence-electron chi connectivity index (χ2n) is 2.51. The first kappa shape index (κ1) is 10.2. The van der Waals surface area contributed by atoms with Gasteiger partial charge in [0.2, 0.25) is 0 Å². The lowest BCUT2D eigenvalue weighted by Crippen LogP contribution is -2.09. The van der Waals surface area contributed by atoms with Crippen molar-refractivity contribution >= 4 is 5.97 Å². The summed E-state index contributed by atoms with van der Waals surface area (Å²) in [5, 5.41) is 0. The molecular formula is C10H8FNO2. The van der Waals surface area contributed by atoms with Crippen LogP contribution in [0.25, 0.3) is 0 Å². The van der Waals surface area contributed by atoms with Crippen LogP contribution in [0.2, 0.25) is 0 Å². The van der Waals surface area contributed by atoms with Crippen molar-refractivity contribution in [3.8, 4) is 12.3 Å². The molecule has 0 N–H and O–H groups in total. The third-order valence-corrected chi connectivity index (χ3v) is 1.43. The molecule has 0 saturated carbocycles. The number of carbonyl (C=O) groups excluding carboxylic acids is 1. The zero-order valence-electron chi connectivity index (χ0n) is 7.37. The van der Waals surface area contributed by atoms with Gasteiger partial charge >= 0.3 is 5.97 Å². The third kappa shape index (κ3) is 3.23. The number of nitrogens with zero attached hydrogens (tertiary/aromatic N) is 1. The summed E-state index contributed by atoms with van der Waals surface area (Å²) < 4.78 is 17.0. The van der Waals surface area contributed by atoms with E-state index in [0.717, 1.165) is 6.20 Å². The molecule has 0 radical (unpaired) electrons. The summed E-state index contributed by atoms with van der Waals surface area (Å²) in [6, 6.07) is 2.66. The van der Waals surface area contributed by atoms with E-state index in [1.54, 1.807) is 0 Å². The molecule has 4 heteroatoms. The summed E-state index contributed by atoms with van der Waals surface area (Å²) in [5.74, 6) is 1.26. The van der Waals surface area contributed by atoms with Crippen LogP contribution >= 0.6 is 0 Å². The van der Waals surface area contributed by atoms with Crippen LogP contribution in [0.5, 0.6) is 0 Å². The van der Waals surface area contributed by atoms with Crippen LogP contribution in [0.4, 0.5) is 4.39 Å². The molecule has 0 spiro atoms. The highest BCUT2D eigenvalue weighted by molar-refractivity contribution is 5.72. The van der Waals surface area contributed by atoms with Crippen LogP contribution in [0, 0.1) is 18.2 Å². The number of carbonyl (C=O) groups is 1. The number of ether oxygens (including phenoxy) is 1. The lowest BCUT2D eigenvalue weighted by Gasteiger charge is -1.99. The van der Waals surface area contributed by atoms with Crippen molar-refractivity contribution in [1.29, 1.82) is 0 Å². The Balaban J connectivity index is 2.49. The minimum atomic E-state index is -0.470. The molecule has 3 nitrogen and oxygen atoms in total. The first-order valence-corrected chi connectivity index (χ1v) is 3.92. The minimum absolute atomic E-state index is 0.00194. The predicted molar refractivity (Wildman–Crippen MR) is 47.7 cm³/mol. The van der Waals surface area contributed by atoms with Crippen LogP contribution in [-0.4, -0.2) is 17.6 Å². The Morgan fingerprint density at radius 3 is 3.00 bits per heavy atom. The van der Waals surface area contributed by atoms with Crippen molar-refractivity contribution < 1.29 is 13.9 Å². The molecule has 0 aliphatic heterocycles. The molecule has 1 aromatic heterocycles. The normalized spacial score (nSPS) is 9.14. The molecule has 1 heterocycles. The van der Waals surface area contributed by atoms with Crippen molar-refractivity contribution in [2.45, 2.75) is 6.42 Å². The number of pyridine rings is 1. The highest BCUT2D eigenvalue weighted by Gasteiger charge is 2.04. The maximum Gasteiger partial charge on any atom is 0.312 e. The lowest BCUT2D eigenvalue weighted by atomic mass is 10.3. The molecule has 0 aliphatic rings. The smallest absolute Gasteiger partial charge is 0.312 e.